The lowest BCUT2D eigenvalue weighted by Gasteiger charge is -2.07. The van der Waals surface area contributed by atoms with Crippen LogP contribution in [-0.2, 0) is 0 Å². The van der Waals surface area contributed by atoms with Crippen LogP contribution in [0.3, 0.4) is 0 Å². The van der Waals surface area contributed by atoms with Crippen molar-refractivity contribution in [3.63, 3.8) is 0 Å². The van der Waals surface area contributed by atoms with Gasteiger partial charge in [0.15, 0.2) is 5.69 Å². The van der Waals surface area contributed by atoms with E-state index >= 15 is 0 Å². The van der Waals surface area contributed by atoms with Crippen LogP contribution in [0, 0.1) is 0 Å². The van der Waals surface area contributed by atoms with E-state index in [0.29, 0.717) is 10.8 Å². The van der Waals surface area contributed by atoms with Crippen molar-refractivity contribution in [2.24, 2.45) is 0 Å². The van der Waals surface area contributed by atoms with Crippen molar-refractivity contribution >= 4 is 39.3 Å². The Morgan fingerprint density at radius 3 is 2.85 bits per heavy atom. The third-order valence-corrected chi connectivity index (χ3v) is 3.60. The maximum Gasteiger partial charge on any atom is 0.356 e. The fourth-order valence-corrected chi connectivity index (χ4v) is 2.68. The maximum atomic E-state index is 11.0. The van der Waals surface area contributed by atoms with Crippen LogP contribution in [0.4, 0.5) is 0 Å². The number of nitrogens with zero attached hydrogens (tertiary/aromatic N) is 3. The van der Waals surface area contributed by atoms with Crippen LogP contribution in [0.25, 0.3) is 17.0 Å². The van der Waals surface area contributed by atoms with Crippen LogP contribution < -0.4 is 0 Å². The zero-order chi connectivity index (χ0) is 14.3. The first-order chi connectivity index (χ1) is 9.56. The number of carbonyl (C=O) groups is 1. The predicted molar refractivity (Wildman–Crippen MR) is 78.1 cm³/mol. The molecule has 5 nitrogen and oxygen atoms in total. The standard InChI is InChI=1S/C13H7BrClN3O2/c14-7-1-2-8(9(15)5-7)11-3-4-16-13-17-10(12(19)20)6-18(11)13/h1-6H,(H,19,20). The number of imidazole rings is 1. The number of carboxylic acid groups (broad SMARTS) is 1. The molecule has 0 fully saturated rings. The summed E-state index contributed by atoms with van der Waals surface area (Å²) in [5, 5.41) is 9.56. The number of rotatable bonds is 2. The molecule has 0 aliphatic carbocycles. The lowest BCUT2D eigenvalue weighted by molar-refractivity contribution is 0.0691. The number of carboxylic acids is 1. The third-order valence-electron chi connectivity index (χ3n) is 2.80. The van der Waals surface area contributed by atoms with Gasteiger partial charge in [0, 0.05) is 22.4 Å². The number of aromatic nitrogens is 3. The van der Waals surface area contributed by atoms with E-state index in [1.54, 1.807) is 22.7 Å². The molecular formula is C13H7BrClN3O2. The van der Waals surface area contributed by atoms with E-state index < -0.39 is 5.97 Å². The molecule has 0 unspecified atom stereocenters. The van der Waals surface area contributed by atoms with E-state index in [9.17, 15) is 4.79 Å². The minimum Gasteiger partial charge on any atom is -0.476 e. The molecule has 1 N–H and O–H groups in total. The average molecular weight is 353 g/mol. The Labute approximate surface area is 127 Å². The lowest BCUT2D eigenvalue weighted by Crippen LogP contribution is -1.95. The lowest BCUT2D eigenvalue weighted by atomic mass is 10.1. The zero-order valence-corrected chi connectivity index (χ0v) is 12.3. The normalized spacial score (nSPS) is 10.9. The van der Waals surface area contributed by atoms with E-state index in [2.05, 4.69) is 25.9 Å². The van der Waals surface area contributed by atoms with Crippen molar-refractivity contribution in [3.8, 4) is 11.3 Å². The summed E-state index contributed by atoms with van der Waals surface area (Å²) in [6.07, 6.45) is 3.00. The molecule has 0 saturated carbocycles. The molecule has 0 atom stereocenters. The van der Waals surface area contributed by atoms with Crippen LogP contribution >= 0.6 is 27.5 Å². The van der Waals surface area contributed by atoms with Gasteiger partial charge in [-0.15, -0.1) is 0 Å². The van der Waals surface area contributed by atoms with Crippen LogP contribution in [0.15, 0.2) is 41.1 Å². The van der Waals surface area contributed by atoms with Gasteiger partial charge in [0.1, 0.15) is 0 Å². The Balaban J connectivity index is 2.28. The monoisotopic (exact) mass is 351 g/mol. The Bertz CT molecular complexity index is 832. The van der Waals surface area contributed by atoms with Crippen LogP contribution in [0.2, 0.25) is 5.02 Å². The summed E-state index contributed by atoms with van der Waals surface area (Å²) < 4.78 is 2.48. The average Bonchev–Trinajstić information content (AvgIpc) is 2.83. The fourth-order valence-electron chi connectivity index (χ4n) is 1.91. The molecule has 3 aromatic rings. The van der Waals surface area contributed by atoms with E-state index in [0.717, 1.165) is 15.7 Å². The van der Waals surface area contributed by atoms with E-state index in [4.69, 9.17) is 16.7 Å². The van der Waals surface area contributed by atoms with Crippen molar-refractivity contribution in [2.75, 3.05) is 0 Å². The Morgan fingerprint density at radius 1 is 1.35 bits per heavy atom. The number of halogens is 2. The van der Waals surface area contributed by atoms with E-state index in [1.807, 2.05) is 12.1 Å². The second kappa shape index (κ2) is 4.88. The van der Waals surface area contributed by atoms with Crippen LogP contribution in [-0.4, -0.2) is 25.4 Å². The number of aromatic carboxylic acids is 1. The van der Waals surface area contributed by atoms with Gasteiger partial charge in [-0.25, -0.2) is 14.8 Å². The number of hydrogen-bond donors (Lipinski definition) is 1. The van der Waals surface area contributed by atoms with E-state index in [-0.39, 0.29) is 5.69 Å². The molecular weight excluding hydrogens is 346 g/mol. The van der Waals surface area contributed by atoms with Crippen molar-refractivity contribution in [2.45, 2.75) is 0 Å². The number of hydrogen-bond acceptors (Lipinski definition) is 3. The number of fused-ring (bicyclic) bond motifs is 1. The van der Waals surface area contributed by atoms with Crippen molar-refractivity contribution in [1.29, 1.82) is 0 Å². The summed E-state index contributed by atoms with van der Waals surface area (Å²) in [5.41, 5.74) is 1.45. The fraction of sp³-hybridized carbons (Fsp3) is 0. The highest BCUT2D eigenvalue weighted by atomic mass is 79.9. The van der Waals surface area contributed by atoms with Crippen molar-refractivity contribution in [1.82, 2.24) is 14.4 Å². The number of benzene rings is 1. The molecule has 0 amide bonds. The second-order valence-electron chi connectivity index (χ2n) is 4.06. The SMILES string of the molecule is O=C(O)c1cn2c(-c3ccc(Br)cc3Cl)ccnc2n1. The molecule has 7 heteroatoms. The quantitative estimate of drug-likeness (QED) is 0.766. The molecule has 2 aromatic heterocycles. The maximum absolute atomic E-state index is 11.0. The Hall–Kier alpha value is -1.92. The Morgan fingerprint density at radius 2 is 2.15 bits per heavy atom. The molecule has 0 saturated heterocycles. The van der Waals surface area contributed by atoms with Gasteiger partial charge in [-0.3, -0.25) is 4.40 Å². The minimum absolute atomic E-state index is 0.0572. The van der Waals surface area contributed by atoms with Gasteiger partial charge in [0.2, 0.25) is 5.78 Å². The van der Waals surface area contributed by atoms with Gasteiger partial charge in [-0.1, -0.05) is 33.6 Å². The molecule has 1 aromatic carbocycles. The highest BCUT2D eigenvalue weighted by molar-refractivity contribution is 9.10. The van der Waals surface area contributed by atoms with Crippen LogP contribution in [0.1, 0.15) is 10.5 Å². The van der Waals surface area contributed by atoms with Crippen molar-refractivity contribution < 1.29 is 9.90 Å². The van der Waals surface area contributed by atoms with Crippen molar-refractivity contribution in [3.05, 3.63) is 51.8 Å². The molecule has 0 spiro atoms. The molecule has 3 rings (SSSR count). The molecule has 0 aliphatic rings. The summed E-state index contributed by atoms with van der Waals surface area (Å²) in [5.74, 6) is -0.776. The predicted octanol–water partition coefficient (Wildman–Crippen LogP) is 3.51. The summed E-state index contributed by atoms with van der Waals surface area (Å²) in [7, 11) is 0. The van der Waals surface area contributed by atoms with Gasteiger partial charge < -0.3 is 5.11 Å². The molecule has 0 radical (unpaired) electrons. The van der Waals surface area contributed by atoms with Crippen LogP contribution in [0.5, 0.6) is 0 Å². The summed E-state index contributed by atoms with van der Waals surface area (Å²) in [6.45, 7) is 0. The minimum atomic E-state index is -1.09. The van der Waals surface area contributed by atoms with Gasteiger partial charge in [0.25, 0.3) is 0 Å². The molecule has 2 heterocycles. The molecule has 100 valence electrons. The molecule has 0 bridgehead atoms. The topological polar surface area (TPSA) is 67.5 Å². The van der Waals surface area contributed by atoms with E-state index in [1.165, 1.54) is 6.20 Å². The first kappa shape index (κ1) is 13.1. The second-order valence-corrected chi connectivity index (χ2v) is 5.38. The highest BCUT2D eigenvalue weighted by Gasteiger charge is 2.14. The summed E-state index contributed by atoms with van der Waals surface area (Å²) >= 11 is 9.58. The first-order valence-corrected chi connectivity index (χ1v) is 6.76. The molecule has 0 aliphatic heterocycles. The first-order valence-electron chi connectivity index (χ1n) is 5.59. The van der Waals surface area contributed by atoms with Gasteiger partial charge in [-0.05, 0) is 18.2 Å². The molecule has 20 heavy (non-hydrogen) atoms. The third kappa shape index (κ3) is 2.17. The summed E-state index contributed by atoms with van der Waals surface area (Å²) in [6, 6.07) is 7.25. The van der Waals surface area contributed by atoms with Gasteiger partial charge >= 0.3 is 5.97 Å². The summed E-state index contributed by atoms with van der Waals surface area (Å²) in [4.78, 5) is 19.0. The smallest absolute Gasteiger partial charge is 0.356 e. The van der Waals surface area contributed by atoms with Gasteiger partial charge in [0.05, 0.1) is 10.7 Å². The Kier molecular flexibility index (Phi) is 3.19. The van der Waals surface area contributed by atoms with Gasteiger partial charge in [-0.2, -0.15) is 0 Å². The largest absolute Gasteiger partial charge is 0.476 e. The highest BCUT2D eigenvalue weighted by Crippen LogP contribution is 2.30. The zero-order valence-electron chi connectivity index (χ0n) is 9.92.